The highest BCUT2D eigenvalue weighted by atomic mass is 13.8. The van der Waals surface area contributed by atoms with E-state index in [0.29, 0.717) is 0 Å². The predicted molar refractivity (Wildman–Crippen MR) is 131 cm³/mol. The maximum atomic E-state index is 3.21. The molecule has 1 aliphatic rings. The summed E-state index contributed by atoms with van der Waals surface area (Å²) in [5.41, 5.74) is 0. The molecule has 0 aromatic heterocycles. The Morgan fingerprint density at radius 3 is 0.828 bits per heavy atom. The highest BCUT2D eigenvalue weighted by Gasteiger charge is 1.70. The Labute approximate surface area is 176 Å². The van der Waals surface area contributed by atoms with Crippen LogP contribution in [-0.2, 0) is 0 Å². The molecule has 0 spiro atoms. The SMILES string of the molecule is [C]1=C/C=C\C=C/C=C/C=C\C=C\C=C\C=C\C=C\C=C\C=C/C=C/C=C/C=C/C/1. The van der Waals surface area contributed by atoms with Gasteiger partial charge in [-0.2, -0.15) is 0 Å². The van der Waals surface area contributed by atoms with Crippen molar-refractivity contribution in [2.24, 2.45) is 0 Å². The second-order valence-corrected chi connectivity index (χ2v) is 5.62. The van der Waals surface area contributed by atoms with Crippen molar-refractivity contribution in [1.82, 2.24) is 0 Å². The summed E-state index contributed by atoms with van der Waals surface area (Å²) in [7, 11) is 0. The highest BCUT2D eigenvalue weighted by Crippen LogP contribution is 1.90. The molecule has 0 atom stereocenters. The van der Waals surface area contributed by atoms with Crippen molar-refractivity contribution >= 4 is 0 Å². The van der Waals surface area contributed by atoms with Crippen LogP contribution in [0.5, 0.6) is 0 Å². The Morgan fingerprint density at radius 1 is 0.276 bits per heavy atom. The third-order valence-corrected chi connectivity index (χ3v) is 3.25. The Bertz CT molecular complexity index is 747. The minimum atomic E-state index is 0.795. The zero-order chi connectivity index (χ0) is 20.5. The molecule has 0 heteroatoms. The normalized spacial score (nSPS) is 31.7. The van der Waals surface area contributed by atoms with Gasteiger partial charge in [-0.1, -0.05) is 164 Å². The lowest BCUT2D eigenvalue weighted by atomic mass is 10.3. The predicted octanol–water partition coefficient (Wildman–Crippen LogP) is 7.98. The molecule has 0 amide bonds. The maximum absolute atomic E-state index is 3.21. The third kappa shape index (κ3) is 18.9. The average Bonchev–Trinajstić information content (AvgIpc) is 2.73. The smallest absolute Gasteiger partial charge is 0.00915 e. The lowest BCUT2D eigenvalue weighted by molar-refractivity contribution is 1.34. The summed E-state index contributed by atoms with van der Waals surface area (Å²) in [5, 5.41) is 0. The summed E-state index contributed by atoms with van der Waals surface area (Å²) < 4.78 is 0. The quantitative estimate of drug-likeness (QED) is 0.401. The largest absolute Gasteiger partial charge is 0.0801 e. The minimum Gasteiger partial charge on any atom is -0.0801 e. The minimum absolute atomic E-state index is 0.795. The summed E-state index contributed by atoms with van der Waals surface area (Å²) in [5.74, 6) is 0. The van der Waals surface area contributed by atoms with Gasteiger partial charge in [0.2, 0.25) is 0 Å². The molecule has 0 heterocycles. The van der Waals surface area contributed by atoms with E-state index in [9.17, 15) is 0 Å². The third-order valence-electron chi connectivity index (χ3n) is 3.25. The molecule has 0 nitrogen and oxygen atoms in total. The summed E-state index contributed by atoms with van der Waals surface area (Å²) in [4.78, 5) is 0. The molecule has 0 saturated heterocycles. The van der Waals surface area contributed by atoms with E-state index >= 15 is 0 Å². The monoisotopic (exact) mass is 377 g/mol. The lowest BCUT2D eigenvalue weighted by Crippen LogP contribution is -1.59. The van der Waals surface area contributed by atoms with Gasteiger partial charge in [-0.3, -0.25) is 0 Å². The first-order valence-corrected chi connectivity index (χ1v) is 9.72. The molecule has 0 bridgehead atoms. The zero-order valence-electron chi connectivity index (χ0n) is 16.8. The van der Waals surface area contributed by atoms with Crippen LogP contribution < -0.4 is 0 Å². The number of hydrogen-bond donors (Lipinski definition) is 0. The van der Waals surface area contributed by atoms with Crippen molar-refractivity contribution in [2.45, 2.75) is 6.42 Å². The van der Waals surface area contributed by atoms with Gasteiger partial charge >= 0.3 is 0 Å². The van der Waals surface area contributed by atoms with E-state index in [1.165, 1.54) is 0 Å². The Kier molecular flexibility index (Phi) is 16.7. The Morgan fingerprint density at radius 2 is 0.517 bits per heavy atom. The van der Waals surface area contributed by atoms with E-state index in [0.717, 1.165) is 6.42 Å². The van der Waals surface area contributed by atoms with Gasteiger partial charge in [0.25, 0.3) is 0 Å². The first-order valence-electron chi connectivity index (χ1n) is 9.72. The van der Waals surface area contributed by atoms with Crippen molar-refractivity contribution in [2.75, 3.05) is 0 Å². The maximum Gasteiger partial charge on any atom is -0.00915 e. The van der Waals surface area contributed by atoms with Crippen LogP contribution in [0.3, 0.4) is 0 Å². The van der Waals surface area contributed by atoms with Crippen LogP contribution in [0.15, 0.2) is 164 Å². The molecule has 145 valence electrons. The van der Waals surface area contributed by atoms with Gasteiger partial charge in [-0.25, -0.2) is 0 Å². The van der Waals surface area contributed by atoms with Crippen LogP contribution in [-0.4, -0.2) is 0 Å². The van der Waals surface area contributed by atoms with Crippen molar-refractivity contribution < 1.29 is 0 Å². The fourth-order valence-corrected chi connectivity index (χ4v) is 1.88. The molecule has 0 aromatic rings. The first kappa shape index (κ1) is 23.4. The first-order chi connectivity index (χ1) is 14.5. The second kappa shape index (κ2) is 20.7. The van der Waals surface area contributed by atoms with Crippen LogP contribution in [0.4, 0.5) is 0 Å². The van der Waals surface area contributed by atoms with Crippen LogP contribution in [0.25, 0.3) is 0 Å². The molecule has 29 heavy (non-hydrogen) atoms. The van der Waals surface area contributed by atoms with Gasteiger partial charge in [0.05, 0.1) is 0 Å². The van der Waals surface area contributed by atoms with Crippen molar-refractivity contribution in [3.63, 3.8) is 0 Å². The van der Waals surface area contributed by atoms with E-state index in [4.69, 9.17) is 0 Å². The molecule has 1 radical (unpaired) electrons. The molecule has 0 fully saturated rings. The number of hydrogen-bond acceptors (Lipinski definition) is 0. The van der Waals surface area contributed by atoms with Crippen LogP contribution in [0, 0.1) is 6.08 Å². The fraction of sp³-hybridized carbons (Fsp3) is 0.0345. The lowest BCUT2D eigenvalue weighted by Gasteiger charge is -1.78. The van der Waals surface area contributed by atoms with Gasteiger partial charge < -0.3 is 0 Å². The van der Waals surface area contributed by atoms with E-state index in [2.05, 4.69) is 12.2 Å². The number of allylic oxidation sites excluding steroid dienone is 28. The van der Waals surface area contributed by atoms with E-state index < -0.39 is 0 Å². The molecular weight excluding hydrogens is 348 g/mol. The summed E-state index contributed by atoms with van der Waals surface area (Å²) >= 11 is 0. The zero-order valence-corrected chi connectivity index (χ0v) is 16.8. The molecular formula is C29H29. The molecule has 0 aliphatic heterocycles. The molecule has 0 aromatic carbocycles. The Hall–Kier alpha value is -3.64. The van der Waals surface area contributed by atoms with Gasteiger partial charge in [0.1, 0.15) is 0 Å². The van der Waals surface area contributed by atoms with Gasteiger partial charge in [0, 0.05) is 0 Å². The summed E-state index contributed by atoms with van der Waals surface area (Å²) in [6, 6.07) is 0. The highest BCUT2D eigenvalue weighted by molar-refractivity contribution is 5.23. The van der Waals surface area contributed by atoms with Crippen molar-refractivity contribution in [1.29, 1.82) is 0 Å². The Balaban J connectivity index is 2.64. The standard InChI is InChI=1S/C29H29/c1-2-4-6-8-10-12-14-16-18-20-22-24-26-28-29-27-25-23-21-19-17-15-13-11-9-7-5-3-1/h1-27H,28H2/b2-1+,5-3+,6-4+,9-7+,10-8+,13-11-,14-12-,17-15+,18-16+,21-19-,22-20+,25-23-,26-24+,29-27?. The topological polar surface area (TPSA) is 0 Å². The summed E-state index contributed by atoms with van der Waals surface area (Å²) in [6.07, 6.45) is 58.0. The van der Waals surface area contributed by atoms with E-state index in [1.807, 2.05) is 158 Å². The van der Waals surface area contributed by atoms with Gasteiger partial charge in [-0.15, -0.1) is 0 Å². The average molecular weight is 378 g/mol. The number of rotatable bonds is 0. The summed E-state index contributed by atoms with van der Waals surface area (Å²) in [6.45, 7) is 0. The van der Waals surface area contributed by atoms with Gasteiger partial charge in [-0.05, 0) is 12.5 Å². The molecule has 0 N–H and O–H groups in total. The molecule has 0 unspecified atom stereocenters. The van der Waals surface area contributed by atoms with Crippen molar-refractivity contribution in [3.8, 4) is 0 Å². The molecule has 0 saturated carbocycles. The van der Waals surface area contributed by atoms with E-state index in [-0.39, 0.29) is 0 Å². The van der Waals surface area contributed by atoms with E-state index in [1.54, 1.807) is 0 Å². The van der Waals surface area contributed by atoms with Crippen LogP contribution >= 0.6 is 0 Å². The van der Waals surface area contributed by atoms with Crippen LogP contribution in [0.1, 0.15) is 6.42 Å². The fourth-order valence-electron chi connectivity index (χ4n) is 1.88. The van der Waals surface area contributed by atoms with Crippen molar-refractivity contribution in [3.05, 3.63) is 170 Å². The molecule has 1 rings (SSSR count). The van der Waals surface area contributed by atoms with Gasteiger partial charge in [0.15, 0.2) is 0 Å². The van der Waals surface area contributed by atoms with Crippen LogP contribution in [0.2, 0.25) is 0 Å². The second-order valence-electron chi connectivity index (χ2n) is 5.62. The molecule has 1 aliphatic carbocycles.